The number of aliphatic imine (C=N–C) groups is 1. The molecule has 0 spiro atoms. The number of hydrogen-bond acceptors (Lipinski definition) is 4. The molecule has 1 aliphatic heterocycles. The van der Waals surface area contributed by atoms with Crippen LogP contribution < -0.4 is 5.32 Å². The van der Waals surface area contributed by atoms with E-state index in [4.69, 9.17) is 0 Å². The fourth-order valence-corrected chi connectivity index (χ4v) is 2.43. The van der Waals surface area contributed by atoms with Crippen molar-refractivity contribution in [2.75, 3.05) is 0 Å². The summed E-state index contributed by atoms with van der Waals surface area (Å²) in [7, 11) is 0. The molecule has 3 atom stereocenters. The molecule has 4 heteroatoms. The zero-order valence-corrected chi connectivity index (χ0v) is 9.52. The quantitative estimate of drug-likeness (QED) is 0.786. The van der Waals surface area contributed by atoms with Gasteiger partial charge in [0.05, 0.1) is 6.10 Å². The second kappa shape index (κ2) is 5.96. The lowest BCUT2D eigenvalue weighted by Crippen LogP contribution is -2.27. The van der Waals surface area contributed by atoms with Crippen LogP contribution in [0.25, 0.3) is 0 Å². The fraction of sp³-hybridized carbons (Fsp3) is 0.692. The molecule has 1 heterocycles. The van der Waals surface area contributed by atoms with Crippen LogP contribution in [-0.4, -0.2) is 29.3 Å². The number of aliphatic hydroxyl groups excluding tert-OH is 1. The van der Waals surface area contributed by atoms with Crippen LogP contribution in [0.2, 0.25) is 0 Å². The molecule has 1 fully saturated rings. The third kappa shape index (κ3) is 3.40. The van der Waals surface area contributed by atoms with Crippen LogP contribution in [0.4, 0.5) is 0 Å². The van der Waals surface area contributed by atoms with Gasteiger partial charge in [-0.3, -0.25) is 4.79 Å². The standard InChI is InChI=1S/C12H18N2O2.CH4/c1-2-8-5-9(6-11(8)16)14-12-7-10(15)3-4-13-12;/h4,7-9,11,14,16H,2-3,5-6H2,1H3;1H4/t8-,9+,11-;/m0./s1. The minimum atomic E-state index is -0.216. The van der Waals surface area contributed by atoms with Crippen LogP contribution in [0.15, 0.2) is 16.9 Å². The number of aliphatic hydroxyl groups is 1. The van der Waals surface area contributed by atoms with Gasteiger partial charge in [0.2, 0.25) is 0 Å². The van der Waals surface area contributed by atoms with Crippen molar-refractivity contribution in [3.63, 3.8) is 0 Å². The number of ketones is 1. The lowest BCUT2D eigenvalue weighted by molar-refractivity contribution is -0.113. The molecular formula is C13H22N2O2. The van der Waals surface area contributed by atoms with Crippen molar-refractivity contribution in [3.8, 4) is 0 Å². The van der Waals surface area contributed by atoms with Gasteiger partial charge in [-0.25, -0.2) is 4.99 Å². The van der Waals surface area contributed by atoms with E-state index in [9.17, 15) is 9.90 Å². The number of rotatable bonds is 3. The Hall–Kier alpha value is -1.16. The van der Waals surface area contributed by atoms with Gasteiger partial charge in [0, 0.05) is 24.8 Å². The number of carbonyl (C=O) groups is 1. The first-order chi connectivity index (χ1) is 7.69. The van der Waals surface area contributed by atoms with E-state index in [0.29, 0.717) is 18.2 Å². The van der Waals surface area contributed by atoms with Crippen molar-refractivity contribution in [3.05, 3.63) is 11.9 Å². The van der Waals surface area contributed by atoms with Gasteiger partial charge in [0.15, 0.2) is 5.78 Å². The van der Waals surface area contributed by atoms with Crippen LogP contribution in [0.1, 0.15) is 40.0 Å². The van der Waals surface area contributed by atoms with Crippen molar-refractivity contribution in [2.24, 2.45) is 10.9 Å². The first kappa shape index (κ1) is 13.9. The van der Waals surface area contributed by atoms with Gasteiger partial charge in [-0.2, -0.15) is 0 Å². The Balaban J connectivity index is 0.00000144. The van der Waals surface area contributed by atoms with Crippen molar-refractivity contribution in [1.82, 2.24) is 5.32 Å². The number of carbonyl (C=O) groups excluding carboxylic acids is 1. The molecule has 2 aliphatic rings. The normalized spacial score (nSPS) is 32.0. The summed E-state index contributed by atoms with van der Waals surface area (Å²) in [6.45, 7) is 2.10. The van der Waals surface area contributed by atoms with Crippen molar-refractivity contribution >= 4 is 12.0 Å². The Morgan fingerprint density at radius 1 is 1.53 bits per heavy atom. The monoisotopic (exact) mass is 238 g/mol. The molecule has 0 unspecified atom stereocenters. The predicted octanol–water partition coefficient (Wildman–Crippen LogP) is 1.65. The summed E-state index contributed by atoms with van der Waals surface area (Å²) < 4.78 is 0. The number of hydrogen-bond donors (Lipinski definition) is 2. The molecule has 0 aromatic carbocycles. The highest BCUT2D eigenvalue weighted by Gasteiger charge is 2.31. The van der Waals surface area contributed by atoms with Gasteiger partial charge < -0.3 is 10.4 Å². The Bertz CT molecular complexity index is 336. The molecule has 4 nitrogen and oxygen atoms in total. The van der Waals surface area contributed by atoms with Crippen molar-refractivity contribution in [2.45, 2.75) is 52.2 Å². The maximum Gasteiger partial charge on any atom is 0.164 e. The molecule has 0 radical (unpaired) electrons. The van der Waals surface area contributed by atoms with E-state index in [1.807, 2.05) is 0 Å². The first-order valence-electron chi connectivity index (χ1n) is 5.90. The third-order valence-corrected chi connectivity index (χ3v) is 3.35. The summed E-state index contributed by atoms with van der Waals surface area (Å²) in [5.74, 6) is 1.11. The molecule has 2 rings (SSSR count). The molecule has 0 saturated heterocycles. The molecule has 17 heavy (non-hydrogen) atoms. The van der Waals surface area contributed by atoms with Gasteiger partial charge in [0.1, 0.15) is 5.82 Å². The molecule has 0 amide bonds. The molecule has 0 bridgehead atoms. The van der Waals surface area contributed by atoms with E-state index in [1.54, 1.807) is 12.3 Å². The van der Waals surface area contributed by atoms with E-state index in [1.165, 1.54) is 0 Å². The largest absolute Gasteiger partial charge is 0.393 e. The fourth-order valence-electron chi connectivity index (χ4n) is 2.43. The molecule has 96 valence electrons. The van der Waals surface area contributed by atoms with E-state index >= 15 is 0 Å². The summed E-state index contributed by atoms with van der Waals surface area (Å²) in [5.41, 5.74) is 0. The second-order valence-electron chi connectivity index (χ2n) is 4.56. The average Bonchev–Trinajstić information content (AvgIpc) is 2.58. The topological polar surface area (TPSA) is 61.7 Å². The summed E-state index contributed by atoms with van der Waals surface area (Å²) in [6.07, 6.45) is 6.07. The van der Waals surface area contributed by atoms with Crippen LogP contribution in [0.5, 0.6) is 0 Å². The van der Waals surface area contributed by atoms with Crippen LogP contribution in [-0.2, 0) is 4.79 Å². The number of nitrogens with zero attached hydrogens (tertiary/aromatic N) is 1. The summed E-state index contributed by atoms with van der Waals surface area (Å²) in [4.78, 5) is 15.3. The molecule has 0 aromatic rings. The Morgan fingerprint density at radius 3 is 2.88 bits per heavy atom. The van der Waals surface area contributed by atoms with E-state index in [2.05, 4.69) is 17.2 Å². The van der Waals surface area contributed by atoms with Gasteiger partial charge in [0.25, 0.3) is 0 Å². The number of nitrogens with one attached hydrogen (secondary N) is 1. The predicted molar refractivity (Wildman–Crippen MR) is 68.9 cm³/mol. The van der Waals surface area contributed by atoms with E-state index < -0.39 is 0 Å². The van der Waals surface area contributed by atoms with Crippen LogP contribution >= 0.6 is 0 Å². The first-order valence-corrected chi connectivity index (χ1v) is 5.90. The SMILES string of the molecule is C.CC[C@H]1C[C@@H](NC2=CC(=O)CC=N2)C[C@@H]1O. The van der Waals surface area contributed by atoms with E-state index in [0.717, 1.165) is 19.3 Å². The van der Waals surface area contributed by atoms with Crippen LogP contribution in [0.3, 0.4) is 0 Å². The zero-order valence-electron chi connectivity index (χ0n) is 9.52. The highest BCUT2D eigenvalue weighted by atomic mass is 16.3. The van der Waals surface area contributed by atoms with E-state index in [-0.39, 0.29) is 25.4 Å². The van der Waals surface area contributed by atoms with Gasteiger partial charge in [-0.1, -0.05) is 20.8 Å². The molecule has 2 N–H and O–H groups in total. The Labute approximate surface area is 103 Å². The highest BCUT2D eigenvalue weighted by Crippen LogP contribution is 2.29. The zero-order chi connectivity index (χ0) is 11.5. The molecule has 1 aliphatic carbocycles. The minimum absolute atomic E-state index is 0. The number of allylic oxidation sites excluding steroid dienone is 1. The lowest BCUT2D eigenvalue weighted by atomic mass is 10.0. The highest BCUT2D eigenvalue weighted by molar-refractivity contribution is 6.01. The summed E-state index contributed by atoms with van der Waals surface area (Å²) in [6, 6.07) is 0.245. The van der Waals surface area contributed by atoms with Gasteiger partial charge in [-0.15, -0.1) is 0 Å². The minimum Gasteiger partial charge on any atom is -0.393 e. The van der Waals surface area contributed by atoms with Crippen LogP contribution in [0, 0.1) is 5.92 Å². The van der Waals surface area contributed by atoms with Crippen molar-refractivity contribution < 1.29 is 9.90 Å². The molecule has 0 aromatic heterocycles. The smallest absolute Gasteiger partial charge is 0.164 e. The maximum absolute atomic E-state index is 11.2. The second-order valence-corrected chi connectivity index (χ2v) is 4.56. The third-order valence-electron chi connectivity index (χ3n) is 3.35. The van der Waals surface area contributed by atoms with Gasteiger partial charge in [-0.05, 0) is 18.8 Å². The van der Waals surface area contributed by atoms with Crippen molar-refractivity contribution in [1.29, 1.82) is 0 Å². The Kier molecular flexibility index (Phi) is 4.87. The summed E-state index contributed by atoms with van der Waals surface area (Å²) >= 11 is 0. The Morgan fingerprint density at radius 2 is 2.29 bits per heavy atom. The lowest BCUT2D eigenvalue weighted by Gasteiger charge is -2.15. The van der Waals surface area contributed by atoms with Gasteiger partial charge >= 0.3 is 0 Å². The molecule has 1 saturated carbocycles. The average molecular weight is 238 g/mol. The maximum atomic E-state index is 11.2. The molecular weight excluding hydrogens is 216 g/mol. The summed E-state index contributed by atoms with van der Waals surface area (Å²) in [5, 5.41) is 13.0.